The van der Waals surface area contributed by atoms with E-state index < -0.39 is 0 Å². The van der Waals surface area contributed by atoms with Crippen molar-refractivity contribution in [1.82, 2.24) is 15.5 Å². The summed E-state index contributed by atoms with van der Waals surface area (Å²) in [5, 5.41) is 6.64. The van der Waals surface area contributed by atoms with Crippen LogP contribution in [0, 0.1) is 6.92 Å². The predicted molar refractivity (Wildman–Crippen MR) is 133 cm³/mol. The van der Waals surface area contributed by atoms with Crippen LogP contribution < -0.4 is 20.1 Å². The zero-order chi connectivity index (χ0) is 21.5. The molecule has 0 aliphatic carbocycles. The van der Waals surface area contributed by atoms with E-state index in [1.54, 1.807) is 26.1 Å². The van der Waals surface area contributed by atoms with Gasteiger partial charge in [-0.25, -0.2) is 4.99 Å². The molecule has 168 valence electrons. The number of benzene rings is 2. The van der Waals surface area contributed by atoms with Crippen LogP contribution in [0.2, 0.25) is 0 Å². The number of likely N-dealkylation sites (N-methyl/N-ethyl adjacent to an activating group) is 1. The number of amides is 1. The minimum atomic E-state index is -0.0193. The van der Waals surface area contributed by atoms with Crippen LogP contribution in [0.25, 0.3) is 0 Å². The van der Waals surface area contributed by atoms with Crippen molar-refractivity contribution in [3.63, 3.8) is 0 Å². The van der Waals surface area contributed by atoms with Crippen molar-refractivity contribution >= 4 is 35.8 Å². The van der Waals surface area contributed by atoms with Crippen molar-refractivity contribution in [3.8, 4) is 11.5 Å². The number of hydrogen-bond acceptors (Lipinski definition) is 4. The number of nitrogens with one attached hydrogen (secondary N) is 2. The Morgan fingerprint density at radius 3 is 2.77 bits per heavy atom. The van der Waals surface area contributed by atoms with Crippen molar-refractivity contribution in [2.75, 3.05) is 34.4 Å². The van der Waals surface area contributed by atoms with Crippen LogP contribution in [0.4, 0.5) is 0 Å². The molecule has 1 amide bonds. The average Bonchev–Trinajstić information content (AvgIpc) is 2.75. The van der Waals surface area contributed by atoms with Gasteiger partial charge in [0.05, 0.1) is 32.8 Å². The molecule has 1 aliphatic rings. The van der Waals surface area contributed by atoms with Crippen LogP contribution in [0.3, 0.4) is 0 Å². The van der Waals surface area contributed by atoms with Crippen LogP contribution in [0.15, 0.2) is 47.5 Å². The lowest BCUT2D eigenvalue weighted by Crippen LogP contribution is -2.45. The highest BCUT2D eigenvalue weighted by molar-refractivity contribution is 14.0. The van der Waals surface area contributed by atoms with Gasteiger partial charge < -0.3 is 25.0 Å². The van der Waals surface area contributed by atoms with Gasteiger partial charge in [-0.3, -0.25) is 4.79 Å². The Labute approximate surface area is 201 Å². The first kappa shape index (κ1) is 24.8. The summed E-state index contributed by atoms with van der Waals surface area (Å²) >= 11 is 0. The zero-order valence-corrected chi connectivity index (χ0v) is 20.8. The monoisotopic (exact) mass is 538 g/mol. The molecule has 2 aromatic carbocycles. The minimum absolute atomic E-state index is 0. The summed E-state index contributed by atoms with van der Waals surface area (Å²) in [6, 6.07) is 14.1. The molecule has 1 aliphatic heterocycles. The number of para-hydroxylation sites is 1. The summed E-state index contributed by atoms with van der Waals surface area (Å²) in [6.07, 6.45) is 0.817. The fourth-order valence-electron chi connectivity index (χ4n) is 3.33. The van der Waals surface area contributed by atoms with Gasteiger partial charge in [-0.05, 0) is 36.2 Å². The lowest BCUT2D eigenvalue weighted by atomic mass is 10.0. The van der Waals surface area contributed by atoms with E-state index in [1.807, 2.05) is 37.3 Å². The van der Waals surface area contributed by atoms with Crippen LogP contribution in [-0.2, 0) is 11.3 Å². The van der Waals surface area contributed by atoms with Crippen molar-refractivity contribution in [1.29, 1.82) is 0 Å². The second kappa shape index (κ2) is 11.8. The number of guanidine groups is 1. The van der Waals surface area contributed by atoms with E-state index in [0.29, 0.717) is 19.1 Å². The lowest BCUT2D eigenvalue weighted by Gasteiger charge is -2.28. The van der Waals surface area contributed by atoms with Gasteiger partial charge in [0, 0.05) is 26.1 Å². The summed E-state index contributed by atoms with van der Waals surface area (Å²) in [7, 11) is 5.13. The predicted octanol–water partition coefficient (Wildman–Crippen LogP) is 3.27. The lowest BCUT2D eigenvalue weighted by molar-refractivity contribution is -0.127. The molecule has 2 N–H and O–H groups in total. The first-order chi connectivity index (χ1) is 14.5. The van der Waals surface area contributed by atoms with Crippen molar-refractivity contribution < 1.29 is 14.3 Å². The third kappa shape index (κ3) is 7.02. The summed E-state index contributed by atoms with van der Waals surface area (Å²) in [5.74, 6) is 2.26. The Kier molecular flexibility index (Phi) is 9.42. The van der Waals surface area contributed by atoms with E-state index in [-0.39, 0.29) is 42.5 Å². The maximum atomic E-state index is 12.1. The second-order valence-electron chi connectivity index (χ2n) is 7.54. The van der Waals surface area contributed by atoms with Crippen LogP contribution in [0.5, 0.6) is 11.5 Å². The molecule has 0 saturated heterocycles. The van der Waals surface area contributed by atoms with Gasteiger partial charge in [0.15, 0.2) is 5.96 Å². The number of carbonyl (C=O) groups is 1. The van der Waals surface area contributed by atoms with E-state index in [0.717, 1.165) is 34.6 Å². The Balaban J connectivity index is 0.00000341. The summed E-state index contributed by atoms with van der Waals surface area (Å²) < 4.78 is 11.1. The number of aryl methyl sites for hydroxylation is 1. The molecule has 1 heterocycles. The van der Waals surface area contributed by atoms with E-state index in [4.69, 9.17) is 14.5 Å². The van der Waals surface area contributed by atoms with E-state index >= 15 is 0 Å². The first-order valence-corrected chi connectivity index (χ1v) is 10.1. The first-order valence-electron chi connectivity index (χ1n) is 10.1. The molecule has 0 bridgehead atoms. The molecule has 2 aromatic rings. The number of carbonyl (C=O) groups excluding carboxylic acids is 1. The molecule has 1 atom stereocenters. The Bertz CT molecular complexity index is 917. The Morgan fingerprint density at radius 1 is 1.26 bits per heavy atom. The van der Waals surface area contributed by atoms with Gasteiger partial charge in [-0.15, -0.1) is 24.0 Å². The summed E-state index contributed by atoms with van der Waals surface area (Å²) in [4.78, 5) is 18.4. The van der Waals surface area contributed by atoms with E-state index in [1.165, 1.54) is 0 Å². The number of hydrogen-bond donors (Lipinski definition) is 2. The number of halogens is 1. The highest BCUT2D eigenvalue weighted by Gasteiger charge is 2.22. The fraction of sp³-hybridized carbons (Fsp3) is 0.391. The van der Waals surface area contributed by atoms with Gasteiger partial charge >= 0.3 is 0 Å². The SMILES string of the molecule is COc1cc(C)cc(CN=C(NCC(=O)N(C)C)NC2CCOc3ccccc32)c1.I. The van der Waals surface area contributed by atoms with Crippen LogP contribution in [-0.4, -0.2) is 51.1 Å². The van der Waals surface area contributed by atoms with Crippen molar-refractivity contribution in [2.45, 2.75) is 25.9 Å². The molecule has 0 saturated carbocycles. The van der Waals surface area contributed by atoms with Gasteiger partial charge in [-0.2, -0.15) is 0 Å². The molecular formula is C23H31IN4O3. The molecule has 31 heavy (non-hydrogen) atoms. The second-order valence-corrected chi connectivity index (χ2v) is 7.54. The number of methoxy groups -OCH3 is 1. The standard InChI is InChI=1S/C23H30N4O3.HI/c1-16-11-17(13-18(12-16)29-4)14-24-23(25-15-22(28)27(2)3)26-20-9-10-30-21-8-6-5-7-19(20)21;/h5-8,11-13,20H,9-10,14-15H2,1-4H3,(H2,24,25,26);1H. The van der Waals surface area contributed by atoms with Crippen LogP contribution in [0.1, 0.15) is 29.2 Å². The van der Waals surface area contributed by atoms with Gasteiger partial charge in [0.25, 0.3) is 0 Å². The molecule has 0 radical (unpaired) electrons. The Morgan fingerprint density at radius 2 is 2.03 bits per heavy atom. The number of nitrogens with zero attached hydrogens (tertiary/aromatic N) is 2. The normalized spacial score (nSPS) is 15.1. The zero-order valence-electron chi connectivity index (χ0n) is 18.5. The molecule has 1 unspecified atom stereocenters. The minimum Gasteiger partial charge on any atom is -0.497 e. The van der Waals surface area contributed by atoms with Gasteiger partial charge in [0.2, 0.25) is 5.91 Å². The summed E-state index contributed by atoms with van der Waals surface area (Å²) in [6.45, 7) is 3.30. The Hall–Kier alpha value is -2.49. The smallest absolute Gasteiger partial charge is 0.241 e. The number of aliphatic imine (C=N–C) groups is 1. The summed E-state index contributed by atoms with van der Waals surface area (Å²) in [5.41, 5.74) is 3.25. The van der Waals surface area contributed by atoms with E-state index in [9.17, 15) is 4.79 Å². The average molecular weight is 538 g/mol. The number of rotatable bonds is 6. The number of ether oxygens (including phenoxy) is 2. The molecule has 0 fully saturated rings. The number of fused-ring (bicyclic) bond motifs is 1. The van der Waals surface area contributed by atoms with Gasteiger partial charge in [0.1, 0.15) is 11.5 Å². The van der Waals surface area contributed by atoms with Crippen molar-refractivity contribution in [2.24, 2.45) is 4.99 Å². The molecule has 0 aromatic heterocycles. The fourth-order valence-corrected chi connectivity index (χ4v) is 3.33. The maximum Gasteiger partial charge on any atom is 0.241 e. The third-order valence-corrected chi connectivity index (χ3v) is 4.94. The maximum absolute atomic E-state index is 12.1. The quantitative estimate of drug-likeness (QED) is 0.336. The highest BCUT2D eigenvalue weighted by Crippen LogP contribution is 2.31. The molecule has 3 rings (SSSR count). The molecule has 8 heteroatoms. The third-order valence-electron chi connectivity index (χ3n) is 4.94. The molecule has 7 nitrogen and oxygen atoms in total. The van der Waals surface area contributed by atoms with E-state index in [2.05, 4.69) is 22.8 Å². The van der Waals surface area contributed by atoms with Crippen LogP contribution >= 0.6 is 24.0 Å². The highest BCUT2D eigenvalue weighted by atomic mass is 127. The topological polar surface area (TPSA) is 75.2 Å². The van der Waals surface area contributed by atoms with Gasteiger partial charge in [-0.1, -0.05) is 24.3 Å². The largest absolute Gasteiger partial charge is 0.497 e. The van der Waals surface area contributed by atoms with Crippen molar-refractivity contribution in [3.05, 3.63) is 59.2 Å². The molecule has 0 spiro atoms. The molecular weight excluding hydrogens is 507 g/mol.